The first-order valence-electron chi connectivity index (χ1n) is 17.6. The van der Waals surface area contributed by atoms with E-state index in [2.05, 4.69) is 31.1 Å². The van der Waals surface area contributed by atoms with E-state index in [4.69, 9.17) is 9.47 Å². The van der Waals surface area contributed by atoms with Crippen LogP contribution in [0.25, 0.3) is 0 Å². The van der Waals surface area contributed by atoms with Crippen molar-refractivity contribution in [2.75, 3.05) is 10.6 Å². The Hall–Kier alpha value is -7.36. The van der Waals surface area contributed by atoms with Crippen LogP contribution in [0.5, 0.6) is 23.0 Å². The topological polar surface area (TPSA) is 126 Å². The summed E-state index contributed by atoms with van der Waals surface area (Å²) in [5.41, 5.74) is -3.39. The predicted molar refractivity (Wildman–Crippen MR) is 209 cm³/mol. The number of halogens is 6. The molecule has 0 radical (unpaired) electrons. The molecule has 0 aliphatic carbocycles. The molecule has 0 fully saturated rings. The number of rotatable bonds is 12. The minimum absolute atomic E-state index is 0.00534. The molecule has 59 heavy (non-hydrogen) atoms. The van der Waals surface area contributed by atoms with Crippen LogP contribution in [0.2, 0.25) is 0 Å². The van der Waals surface area contributed by atoms with Crippen molar-refractivity contribution in [2.45, 2.75) is 31.6 Å². The summed E-state index contributed by atoms with van der Waals surface area (Å²) >= 11 is 0. The number of nitrogens with one attached hydrogen (secondary N) is 2. The van der Waals surface area contributed by atoms with E-state index in [1.807, 2.05) is 0 Å². The highest BCUT2D eigenvalue weighted by molar-refractivity contribution is 5.89. The van der Waals surface area contributed by atoms with E-state index >= 15 is 0 Å². The third-order valence-corrected chi connectivity index (χ3v) is 8.51. The maximum Gasteiger partial charge on any atom is 0.411 e. The fraction of sp³-hybridized carbons (Fsp3) is 0.116. The predicted octanol–water partition coefficient (Wildman–Crippen LogP) is 13.4. The van der Waals surface area contributed by atoms with E-state index in [0.717, 1.165) is 48.5 Å². The van der Waals surface area contributed by atoms with Gasteiger partial charge < -0.3 is 20.1 Å². The molecule has 6 aromatic carbocycles. The summed E-state index contributed by atoms with van der Waals surface area (Å²) < 4.78 is 100. The molecule has 6 rings (SSSR count). The third kappa shape index (κ3) is 10.2. The van der Waals surface area contributed by atoms with Gasteiger partial charge in [0.1, 0.15) is 23.0 Å². The largest absolute Gasteiger partial charge is 0.457 e. The van der Waals surface area contributed by atoms with Crippen LogP contribution in [0.1, 0.15) is 25.0 Å². The number of carbonyl (C=O) groups is 2. The Morgan fingerprint density at radius 1 is 0.407 bits per heavy atom. The Morgan fingerprint density at radius 3 is 0.881 bits per heavy atom. The number of anilines is 2. The fourth-order valence-corrected chi connectivity index (χ4v) is 5.82. The molecule has 0 aromatic heterocycles. The molecule has 0 saturated carbocycles. The second-order valence-corrected chi connectivity index (χ2v) is 12.8. The summed E-state index contributed by atoms with van der Waals surface area (Å²) in [6.45, 7) is 2.78. The van der Waals surface area contributed by atoms with Crippen molar-refractivity contribution in [3.8, 4) is 23.0 Å². The molecule has 10 nitrogen and oxygen atoms in total. The second kappa shape index (κ2) is 17.4. The van der Waals surface area contributed by atoms with E-state index in [9.17, 15) is 35.9 Å². The number of benzene rings is 6. The van der Waals surface area contributed by atoms with Gasteiger partial charge in [0.15, 0.2) is 0 Å². The van der Waals surface area contributed by atoms with Crippen molar-refractivity contribution in [1.82, 2.24) is 0 Å². The van der Waals surface area contributed by atoms with Crippen molar-refractivity contribution in [1.29, 1.82) is 0 Å². The van der Waals surface area contributed by atoms with Crippen LogP contribution in [0, 0.1) is 0 Å². The Balaban J connectivity index is 1.13. The van der Waals surface area contributed by atoms with Crippen molar-refractivity contribution < 1.29 is 45.4 Å². The lowest BCUT2D eigenvalue weighted by Gasteiger charge is -2.38. The quantitative estimate of drug-likeness (QED) is 0.0942. The molecule has 0 aliphatic rings. The van der Waals surface area contributed by atoms with Gasteiger partial charge in [-0.05, 0) is 132 Å². The number of azo groups is 2. The van der Waals surface area contributed by atoms with Gasteiger partial charge >= 0.3 is 12.4 Å². The molecular formula is C43H32F6N6O4. The van der Waals surface area contributed by atoms with Gasteiger partial charge in [0.25, 0.3) is 0 Å². The highest BCUT2D eigenvalue weighted by Gasteiger charge is 2.72. The monoisotopic (exact) mass is 810 g/mol. The molecule has 0 aliphatic heterocycles. The lowest BCUT2D eigenvalue weighted by Crippen LogP contribution is -2.54. The molecule has 2 amide bonds. The van der Waals surface area contributed by atoms with Gasteiger partial charge in [-0.15, -0.1) is 0 Å². The van der Waals surface area contributed by atoms with Gasteiger partial charge in [0.2, 0.25) is 17.2 Å². The van der Waals surface area contributed by atoms with Gasteiger partial charge in [0, 0.05) is 25.2 Å². The van der Waals surface area contributed by atoms with Crippen LogP contribution in [-0.2, 0) is 15.0 Å². The van der Waals surface area contributed by atoms with E-state index < -0.39 is 28.9 Å². The summed E-state index contributed by atoms with van der Waals surface area (Å²) in [7, 11) is 0. The zero-order valence-electron chi connectivity index (χ0n) is 31.0. The molecule has 6 aromatic rings. The first-order chi connectivity index (χ1) is 28.1. The molecule has 0 unspecified atom stereocenters. The SMILES string of the molecule is CC(=O)Nc1ccc(/N=N/c2ccc(Oc3ccc(C(c4ccc(Oc5ccc(/N=N/c6ccc(NC(C)=O)cc6)cc5)cc4)(C(F)(F)F)C(F)(F)F)cc3)cc2)cc1. The smallest absolute Gasteiger partial charge is 0.411 e. The maximum absolute atomic E-state index is 14.8. The van der Waals surface area contributed by atoms with Crippen LogP contribution >= 0.6 is 0 Å². The molecule has 0 bridgehead atoms. The van der Waals surface area contributed by atoms with Crippen LogP contribution in [0.15, 0.2) is 166 Å². The second-order valence-electron chi connectivity index (χ2n) is 12.8. The van der Waals surface area contributed by atoms with Crippen LogP contribution < -0.4 is 20.1 Å². The van der Waals surface area contributed by atoms with Crippen molar-refractivity contribution in [3.05, 3.63) is 157 Å². The summed E-state index contributed by atoms with van der Waals surface area (Å²) in [5.74, 6) is 0.0544. The van der Waals surface area contributed by atoms with E-state index in [1.54, 1.807) is 72.8 Å². The third-order valence-electron chi connectivity index (χ3n) is 8.51. The standard InChI is InChI=1S/C43H32F6N6O4/c1-27(56)50-31-7-11-33(12-8-31)52-54-35-15-23-39(24-16-35)58-37-19-3-29(4-20-37)41(42(44,45)46,43(47,48)49)30-5-21-38(22-6-30)59-40-25-17-36(18-26-40)55-53-34-13-9-32(10-14-34)51-28(2)57/h3-26H,1-2H3,(H,50,56)(H,51,57)/b54-52+,55-53+. The lowest BCUT2D eigenvalue weighted by atomic mass is 9.73. The zero-order valence-corrected chi connectivity index (χ0v) is 31.0. The molecule has 2 N–H and O–H groups in total. The fourth-order valence-electron chi connectivity index (χ4n) is 5.82. The van der Waals surface area contributed by atoms with Gasteiger partial charge in [-0.1, -0.05) is 24.3 Å². The van der Waals surface area contributed by atoms with Gasteiger partial charge in [-0.3, -0.25) is 9.59 Å². The summed E-state index contributed by atoms with van der Waals surface area (Å²) in [4.78, 5) is 22.4. The van der Waals surface area contributed by atoms with Crippen LogP contribution in [-0.4, -0.2) is 24.2 Å². The number of hydrogen-bond donors (Lipinski definition) is 2. The normalized spacial score (nSPS) is 12.1. The summed E-state index contributed by atoms with van der Waals surface area (Å²) in [6, 6.07) is 32.7. The molecular weight excluding hydrogens is 778 g/mol. The van der Waals surface area contributed by atoms with Crippen molar-refractivity contribution in [3.63, 3.8) is 0 Å². The van der Waals surface area contributed by atoms with E-state index in [-0.39, 0.29) is 34.8 Å². The van der Waals surface area contributed by atoms with Gasteiger partial charge in [-0.25, -0.2) is 0 Å². The van der Waals surface area contributed by atoms with Crippen LogP contribution in [0.3, 0.4) is 0 Å². The Bertz CT molecular complexity index is 2260. The Labute approximate surface area is 333 Å². The van der Waals surface area contributed by atoms with E-state index in [1.165, 1.54) is 38.1 Å². The molecule has 16 heteroatoms. The maximum atomic E-state index is 14.8. The van der Waals surface area contributed by atoms with Gasteiger partial charge in [0.05, 0.1) is 22.7 Å². The van der Waals surface area contributed by atoms with Gasteiger partial charge in [-0.2, -0.15) is 46.8 Å². The highest BCUT2D eigenvalue weighted by atomic mass is 19.4. The number of nitrogens with zero attached hydrogens (tertiary/aromatic N) is 4. The minimum atomic E-state index is -5.80. The number of alkyl halides is 6. The number of amides is 2. The minimum Gasteiger partial charge on any atom is -0.457 e. The average Bonchev–Trinajstić information content (AvgIpc) is 3.18. The van der Waals surface area contributed by atoms with Crippen molar-refractivity contribution in [2.24, 2.45) is 20.5 Å². The molecule has 0 spiro atoms. The Kier molecular flexibility index (Phi) is 12.2. The molecule has 300 valence electrons. The van der Waals surface area contributed by atoms with Crippen LogP contribution in [0.4, 0.5) is 60.5 Å². The number of ether oxygens (including phenoxy) is 2. The van der Waals surface area contributed by atoms with E-state index in [0.29, 0.717) is 34.1 Å². The Morgan fingerprint density at radius 2 is 0.644 bits per heavy atom. The average molecular weight is 811 g/mol. The zero-order chi connectivity index (χ0) is 42.2. The molecule has 0 atom stereocenters. The van der Waals surface area contributed by atoms with Crippen molar-refractivity contribution >= 4 is 45.9 Å². The summed E-state index contributed by atoms with van der Waals surface area (Å²) in [5, 5.41) is 21.8. The number of hydrogen-bond acceptors (Lipinski definition) is 8. The highest BCUT2D eigenvalue weighted by Crippen LogP contribution is 2.56. The first kappa shape index (κ1) is 41.3. The molecule has 0 heterocycles. The number of carbonyl (C=O) groups excluding carboxylic acids is 2. The first-order valence-corrected chi connectivity index (χ1v) is 17.6. The molecule has 0 saturated heterocycles. The lowest BCUT2D eigenvalue weighted by molar-refractivity contribution is -0.288. The summed E-state index contributed by atoms with van der Waals surface area (Å²) in [6.07, 6.45) is -11.6.